The van der Waals surface area contributed by atoms with E-state index in [4.69, 9.17) is 11.2 Å². The highest BCUT2D eigenvalue weighted by atomic mass is 16.5. The van der Waals surface area contributed by atoms with Gasteiger partial charge in [-0.2, -0.15) is 0 Å². The van der Waals surface area contributed by atoms with Crippen molar-refractivity contribution < 1.29 is 4.74 Å². The van der Waals surface area contributed by atoms with Crippen LogP contribution in [-0.4, -0.2) is 12.7 Å². The minimum Gasteiger partial charge on any atom is -0.361 e. The Hall–Kier alpha value is -1.00. The number of terminal acetylenes is 1. The lowest BCUT2D eigenvalue weighted by molar-refractivity contribution is 0.113. The normalized spacial score (nSPS) is 21.7. The van der Waals surface area contributed by atoms with Crippen molar-refractivity contribution in [3.63, 3.8) is 0 Å². The summed E-state index contributed by atoms with van der Waals surface area (Å²) in [6.07, 6.45) is 9.55. The summed E-state index contributed by atoms with van der Waals surface area (Å²) in [5.74, 6) is 2.46. The van der Waals surface area contributed by atoms with Crippen molar-refractivity contribution in [3.05, 3.63) is 23.8 Å². The van der Waals surface area contributed by atoms with Crippen LogP contribution in [0.3, 0.4) is 0 Å². The third kappa shape index (κ3) is 2.25. The fraction of sp³-hybridized carbons (Fsp3) is 0.455. The van der Waals surface area contributed by atoms with Crippen molar-refractivity contribution in [1.82, 2.24) is 0 Å². The Morgan fingerprint density at radius 1 is 1.92 bits per heavy atom. The van der Waals surface area contributed by atoms with Crippen LogP contribution in [0, 0.1) is 12.3 Å². The van der Waals surface area contributed by atoms with Crippen LogP contribution >= 0.6 is 0 Å². The summed E-state index contributed by atoms with van der Waals surface area (Å²) >= 11 is 0. The van der Waals surface area contributed by atoms with E-state index in [0.717, 1.165) is 18.4 Å². The summed E-state index contributed by atoms with van der Waals surface area (Å²) < 4.78 is 5.38. The zero-order valence-electron chi connectivity index (χ0n) is 7.47. The first kappa shape index (κ1) is 9.09. The van der Waals surface area contributed by atoms with E-state index in [9.17, 15) is 0 Å². The van der Waals surface area contributed by atoms with Gasteiger partial charge in [-0.3, -0.25) is 0 Å². The molecule has 0 aromatic heterocycles. The molecule has 0 bridgehead atoms. The van der Waals surface area contributed by atoms with Crippen molar-refractivity contribution in [2.75, 3.05) is 6.61 Å². The van der Waals surface area contributed by atoms with Gasteiger partial charge in [-0.25, -0.2) is 0 Å². The largest absolute Gasteiger partial charge is 0.361 e. The molecule has 0 N–H and O–H groups in total. The molecule has 1 atom stereocenters. The molecule has 0 aromatic rings. The van der Waals surface area contributed by atoms with Crippen LogP contribution in [0.4, 0.5) is 0 Å². The molecule has 1 aliphatic rings. The van der Waals surface area contributed by atoms with E-state index >= 15 is 0 Å². The minimum absolute atomic E-state index is 0.216. The second kappa shape index (κ2) is 4.13. The molecule has 12 heavy (non-hydrogen) atoms. The molecule has 1 nitrogen and oxygen atoms in total. The molecule has 0 saturated carbocycles. The van der Waals surface area contributed by atoms with Gasteiger partial charge in [-0.05, 0) is 25.3 Å². The molecule has 0 amide bonds. The first-order valence-electron chi connectivity index (χ1n) is 4.15. The maximum Gasteiger partial charge on any atom is 0.108 e. The zero-order chi connectivity index (χ0) is 8.97. The third-order valence-corrected chi connectivity index (χ3v) is 2.01. The number of hydrogen-bond donors (Lipinski definition) is 0. The van der Waals surface area contributed by atoms with E-state index in [1.807, 2.05) is 6.92 Å². The number of hydrogen-bond acceptors (Lipinski definition) is 1. The molecule has 0 radical (unpaired) electrons. The summed E-state index contributed by atoms with van der Waals surface area (Å²) in [7, 11) is 0. The van der Waals surface area contributed by atoms with Gasteiger partial charge in [0.05, 0.1) is 6.10 Å². The average molecular weight is 162 g/mol. The Bertz CT molecular complexity index is 242. The summed E-state index contributed by atoms with van der Waals surface area (Å²) in [5.41, 5.74) is 2.46. The fourth-order valence-electron chi connectivity index (χ4n) is 1.33. The Kier molecular flexibility index (Phi) is 3.13. The van der Waals surface area contributed by atoms with Gasteiger partial charge in [-0.15, -0.1) is 6.42 Å². The molecule has 0 unspecified atom stereocenters. The summed E-state index contributed by atoms with van der Waals surface area (Å²) in [6, 6.07) is 0. The van der Waals surface area contributed by atoms with Crippen molar-refractivity contribution in [1.29, 1.82) is 0 Å². The lowest BCUT2D eigenvalue weighted by Gasteiger charge is -2.04. The lowest BCUT2D eigenvalue weighted by Crippen LogP contribution is -2.05. The predicted octanol–water partition coefficient (Wildman–Crippen LogP) is 2.30. The summed E-state index contributed by atoms with van der Waals surface area (Å²) in [4.78, 5) is 0. The van der Waals surface area contributed by atoms with Crippen LogP contribution in [0.5, 0.6) is 0 Å². The van der Waals surface area contributed by atoms with Gasteiger partial charge >= 0.3 is 0 Å². The smallest absolute Gasteiger partial charge is 0.108 e. The first-order chi connectivity index (χ1) is 5.74. The second-order valence-electron chi connectivity index (χ2n) is 3.06. The van der Waals surface area contributed by atoms with Gasteiger partial charge in [0.15, 0.2) is 0 Å². The molecule has 0 aliphatic heterocycles. The molecule has 1 rings (SSSR count). The highest BCUT2D eigenvalue weighted by Gasteiger charge is 2.15. The van der Waals surface area contributed by atoms with Gasteiger partial charge in [0.1, 0.15) is 6.61 Å². The first-order valence-corrected chi connectivity index (χ1v) is 4.15. The number of ether oxygens (including phenoxy) is 1. The van der Waals surface area contributed by atoms with Crippen LogP contribution in [0.25, 0.3) is 0 Å². The summed E-state index contributed by atoms with van der Waals surface area (Å²) in [5, 5.41) is 0. The minimum atomic E-state index is 0.216. The van der Waals surface area contributed by atoms with Crippen LogP contribution in [0.15, 0.2) is 23.8 Å². The third-order valence-electron chi connectivity index (χ3n) is 2.01. The molecule has 0 saturated heterocycles. The van der Waals surface area contributed by atoms with Crippen LogP contribution in [0.1, 0.15) is 19.8 Å². The van der Waals surface area contributed by atoms with E-state index in [2.05, 4.69) is 18.6 Å². The molecule has 1 heteroatoms. The van der Waals surface area contributed by atoms with Crippen molar-refractivity contribution in [2.45, 2.75) is 25.9 Å². The van der Waals surface area contributed by atoms with Crippen molar-refractivity contribution in [2.24, 2.45) is 0 Å². The van der Waals surface area contributed by atoms with Gasteiger partial charge in [0.2, 0.25) is 0 Å². The quantitative estimate of drug-likeness (QED) is 0.578. The standard InChI is InChI=1S/C11H14O/c1-4-7-12-11-6-5-10(8-11)9(2)3/h1,8,11H,2,5-7H2,3H3/t11-/m0/s1. The lowest BCUT2D eigenvalue weighted by atomic mass is 10.1. The topological polar surface area (TPSA) is 9.23 Å². The van der Waals surface area contributed by atoms with Crippen LogP contribution in [-0.2, 0) is 4.74 Å². The van der Waals surface area contributed by atoms with Crippen LogP contribution in [0.2, 0.25) is 0 Å². The number of allylic oxidation sites excluding steroid dienone is 2. The second-order valence-corrected chi connectivity index (χ2v) is 3.06. The Morgan fingerprint density at radius 3 is 3.17 bits per heavy atom. The molecule has 64 valence electrons. The summed E-state index contributed by atoms with van der Waals surface area (Å²) in [6.45, 7) is 6.32. The van der Waals surface area contributed by atoms with E-state index < -0.39 is 0 Å². The Morgan fingerprint density at radius 2 is 2.67 bits per heavy atom. The molecular formula is C11H14O. The number of rotatable bonds is 3. The van der Waals surface area contributed by atoms with E-state index in [1.54, 1.807) is 0 Å². The monoisotopic (exact) mass is 162 g/mol. The van der Waals surface area contributed by atoms with E-state index in [-0.39, 0.29) is 6.10 Å². The fourth-order valence-corrected chi connectivity index (χ4v) is 1.33. The molecule has 1 aliphatic carbocycles. The maximum atomic E-state index is 5.38. The van der Waals surface area contributed by atoms with Gasteiger partial charge in [-0.1, -0.05) is 24.1 Å². The predicted molar refractivity (Wildman–Crippen MR) is 50.7 cm³/mol. The van der Waals surface area contributed by atoms with Crippen molar-refractivity contribution >= 4 is 0 Å². The average Bonchev–Trinajstić information content (AvgIpc) is 2.48. The zero-order valence-corrected chi connectivity index (χ0v) is 7.47. The molecule has 0 spiro atoms. The van der Waals surface area contributed by atoms with Gasteiger partial charge < -0.3 is 4.74 Å². The molecule has 0 aromatic carbocycles. The van der Waals surface area contributed by atoms with E-state index in [0.29, 0.717) is 6.61 Å². The highest BCUT2D eigenvalue weighted by molar-refractivity contribution is 5.30. The van der Waals surface area contributed by atoms with Crippen LogP contribution < -0.4 is 0 Å². The van der Waals surface area contributed by atoms with Gasteiger partial charge in [0, 0.05) is 0 Å². The Balaban J connectivity index is 2.43. The van der Waals surface area contributed by atoms with Crippen molar-refractivity contribution in [3.8, 4) is 12.3 Å². The molecule has 0 heterocycles. The maximum absolute atomic E-state index is 5.38. The molecule has 0 fully saturated rings. The Labute approximate surface area is 74.1 Å². The molecular weight excluding hydrogens is 148 g/mol. The SMILES string of the molecule is C#CCO[C@@H]1C=C(C(=C)C)CC1. The highest BCUT2D eigenvalue weighted by Crippen LogP contribution is 2.25. The van der Waals surface area contributed by atoms with Gasteiger partial charge in [0.25, 0.3) is 0 Å². The van der Waals surface area contributed by atoms with E-state index in [1.165, 1.54) is 5.57 Å².